The number of anilines is 1. The number of benzene rings is 1. The molecule has 2 rings (SSSR count). The van der Waals surface area contributed by atoms with E-state index in [1.165, 1.54) is 12.3 Å². The summed E-state index contributed by atoms with van der Waals surface area (Å²) in [5, 5.41) is 3.12. The van der Waals surface area contributed by atoms with Crippen LogP contribution in [0.25, 0.3) is 0 Å². The maximum absolute atomic E-state index is 13.8. The monoisotopic (exact) mass is 294 g/mol. The van der Waals surface area contributed by atoms with E-state index >= 15 is 0 Å². The van der Waals surface area contributed by atoms with Gasteiger partial charge in [0.1, 0.15) is 0 Å². The summed E-state index contributed by atoms with van der Waals surface area (Å²) in [6.07, 6.45) is 1.29. The smallest absolute Gasteiger partial charge is 0.254 e. The second-order valence-corrected chi connectivity index (χ2v) is 4.35. The van der Waals surface area contributed by atoms with E-state index in [9.17, 15) is 9.18 Å². The minimum Gasteiger partial charge on any atom is -0.348 e. The number of nitrogens with zero attached hydrogens (tertiary/aromatic N) is 1. The number of halogens is 2. The van der Waals surface area contributed by atoms with Gasteiger partial charge in [0.15, 0.2) is 11.6 Å². The Bertz CT molecular complexity index is 636. The molecule has 0 aliphatic heterocycles. The van der Waals surface area contributed by atoms with Crippen molar-refractivity contribution in [2.75, 3.05) is 5.43 Å². The Morgan fingerprint density at radius 3 is 2.80 bits per heavy atom. The van der Waals surface area contributed by atoms with Gasteiger partial charge in [0.05, 0.1) is 5.56 Å². The highest BCUT2D eigenvalue weighted by molar-refractivity contribution is 6.31. The van der Waals surface area contributed by atoms with E-state index in [1.807, 2.05) is 0 Å². The van der Waals surface area contributed by atoms with Crippen molar-refractivity contribution in [3.05, 3.63) is 58.5 Å². The van der Waals surface area contributed by atoms with E-state index in [-0.39, 0.29) is 17.9 Å². The van der Waals surface area contributed by atoms with Crippen LogP contribution in [0.4, 0.5) is 10.2 Å². The lowest BCUT2D eigenvalue weighted by Gasteiger charge is -2.09. The van der Waals surface area contributed by atoms with Crippen LogP contribution in [0.15, 0.2) is 36.5 Å². The number of rotatable bonds is 4. The van der Waals surface area contributed by atoms with Gasteiger partial charge in [-0.2, -0.15) is 0 Å². The van der Waals surface area contributed by atoms with Crippen molar-refractivity contribution in [2.45, 2.75) is 6.54 Å². The molecular formula is C13H12ClFN4O. The minimum absolute atomic E-state index is 0.139. The average molecular weight is 295 g/mol. The Morgan fingerprint density at radius 2 is 2.10 bits per heavy atom. The maximum atomic E-state index is 13.8. The predicted molar refractivity (Wildman–Crippen MR) is 74.6 cm³/mol. The second-order valence-electron chi connectivity index (χ2n) is 3.94. The van der Waals surface area contributed by atoms with Crippen LogP contribution < -0.4 is 16.6 Å². The van der Waals surface area contributed by atoms with Crippen molar-refractivity contribution in [3.63, 3.8) is 0 Å². The van der Waals surface area contributed by atoms with Gasteiger partial charge >= 0.3 is 0 Å². The largest absolute Gasteiger partial charge is 0.348 e. The molecule has 0 radical (unpaired) electrons. The maximum Gasteiger partial charge on any atom is 0.254 e. The lowest BCUT2D eigenvalue weighted by Crippen LogP contribution is -2.25. The molecule has 2 aromatic rings. The van der Waals surface area contributed by atoms with Crippen LogP contribution >= 0.6 is 11.6 Å². The highest BCUT2D eigenvalue weighted by atomic mass is 35.5. The molecule has 0 saturated carbocycles. The van der Waals surface area contributed by atoms with Gasteiger partial charge in [-0.1, -0.05) is 29.8 Å². The molecule has 0 unspecified atom stereocenters. The van der Waals surface area contributed by atoms with Crippen LogP contribution in [0.2, 0.25) is 5.02 Å². The van der Waals surface area contributed by atoms with Gasteiger partial charge < -0.3 is 10.7 Å². The van der Waals surface area contributed by atoms with Crippen molar-refractivity contribution in [1.82, 2.24) is 10.3 Å². The number of aromatic nitrogens is 1. The van der Waals surface area contributed by atoms with Crippen LogP contribution in [0, 0.1) is 5.82 Å². The van der Waals surface area contributed by atoms with Crippen molar-refractivity contribution in [3.8, 4) is 0 Å². The molecule has 0 spiro atoms. The first kappa shape index (κ1) is 14.2. The molecule has 104 valence electrons. The zero-order valence-corrected chi connectivity index (χ0v) is 11.1. The molecule has 4 N–H and O–H groups in total. The van der Waals surface area contributed by atoms with Crippen LogP contribution in [-0.4, -0.2) is 10.9 Å². The summed E-state index contributed by atoms with van der Waals surface area (Å²) in [6.45, 7) is 0.200. The fraction of sp³-hybridized carbons (Fsp3) is 0.0769. The molecule has 0 fully saturated rings. The van der Waals surface area contributed by atoms with Gasteiger partial charge in [0.2, 0.25) is 0 Å². The lowest BCUT2D eigenvalue weighted by atomic mass is 10.2. The van der Waals surface area contributed by atoms with Crippen molar-refractivity contribution >= 4 is 23.3 Å². The van der Waals surface area contributed by atoms with Gasteiger partial charge in [0.25, 0.3) is 5.91 Å². The van der Waals surface area contributed by atoms with E-state index in [0.29, 0.717) is 5.02 Å². The fourth-order valence-electron chi connectivity index (χ4n) is 1.63. The number of hydrogen-bond donors (Lipinski definition) is 3. The number of carbonyl (C=O) groups excluding carboxylic acids is 1. The summed E-state index contributed by atoms with van der Waals surface area (Å²) < 4.78 is 13.8. The number of hydrogen-bond acceptors (Lipinski definition) is 4. The first-order chi connectivity index (χ1) is 9.63. The normalized spacial score (nSPS) is 10.2. The Labute approximate surface area is 119 Å². The van der Waals surface area contributed by atoms with E-state index in [2.05, 4.69) is 15.7 Å². The molecule has 0 atom stereocenters. The number of nitrogen functional groups attached to an aromatic ring is 1. The van der Waals surface area contributed by atoms with Crippen LogP contribution in [0.1, 0.15) is 15.9 Å². The van der Waals surface area contributed by atoms with Gasteiger partial charge in [-0.25, -0.2) is 15.2 Å². The molecule has 1 heterocycles. The summed E-state index contributed by atoms with van der Waals surface area (Å²) in [5.74, 6) is 3.55. The molecule has 0 bridgehead atoms. The molecule has 0 saturated heterocycles. The molecule has 0 aliphatic rings. The van der Waals surface area contributed by atoms with Crippen LogP contribution in [0.5, 0.6) is 0 Å². The third-order valence-corrected chi connectivity index (χ3v) is 3.04. The first-order valence-electron chi connectivity index (χ1n) is 5.76. The summed E-state index contributed by atoms with van der Waals surface area (Å²) in [4.78, 5) is 15.6. The first-order valence-corrected chi connectivity index (χ1v) is 6.14. The third-order valence-electron chi connectivity index (χ3n) is 2.67. The number of hydrazine groups is 1. The predicted octanol–water partition coefficient (Wildman–Crippen LogP) is 2.09. The topological polar surface area (TPSA) is 80.0 Å². The van der Waals surface area contributed by atoms with Crippen LogP contribution in [-0.2, 0) is 6.54 Å². The molecule has 20 heavy (non-hydrogen) atoms. The highest BCUT2D eigenvalue weighted by Gasteiger charge is 2.15. The number of pyridine rings is 1. The molecule has 1 amide bonds. The molecule has 1 aromatic carbocycles. The highest BCUT2D eigenvalue weighted by Crippen LogP contribution is 2.16. The molecule has 1 aromatic heterocycles. The summed E-state index contributed by atoms with van der Waals surface area (Å²) >= 11 is 5.97. The second kappa shape index (κ2) is 6.31. The van der Waals surface area contributed by atoms with Gasteiger partial charge in [-0.05, 0) is 17.7 Å². The fourth-order valence-corrected chi connectivity index (χ4v) is 1.83. The number of amides is 1. The average Bonchev–Trinajstić information content (AvgIpc) is 2.46. The zero-order valence-electron chi connectivity index (χ0n) is 10.4. The quantitative estimate of drug-likeness (QED) is 0.596. The SMILES string of the molecule is NNc1nccc(C(=O)NCc2ccccc2Cl)c1F. The Hall–Kier alpha value is -2.18. The van der Waals surface area contributed by atoms with Gasteiger partial charge in [-0.3, -0.25) is 4.79 Å². The van der Waals surface area contributed by atoms with E-state index in [4.69, 9.17) is 17.4 Å². The van der Waals surface area contributed by atoms with E-state index in [1.54, 1.807) is 24.3 Å². The summed E-state index contributed by atoms with van der Waals surface area (Å²) in [6, 6.07) is 8.36. The van der Waals surface area contributed by atoms with Crippen molar-refractivity contribution in [1.29, 1.82) is 0 Å². The number of nitrogens with two attached hydrogens (primary N) is 1. The zero-order chi connectivity index (χ0) is 14.5. The minimum atomic E-state index is -0.799. The Balaban J connectivity index is 2.12. The van der Waals surface area contributed by atoms with E-state index in [0.717, 1.165) is 5.56 Å². The molecular weight excluding hydrogens is 283 g/mol. The number of carbonyl (C=O) groups is 1. The summed E-state index contributed by atoms with van der Waals surface area (Å²) in [5.41, 5.74) is 2.69. The van der Waals surface area contributed by atoms with Gasteiger partial charge in [0, 0.05) is 17.8 Å². The van der Waals surface area contributed by atoms with E-state index < -0.39 is 11.7 Å². The van der Waals surface area contributed by atoms with Crippen molar-refractivity contribution in [2.24, 2.45) is 5.84 Å². The number of nitrogens with one attached hydrogen (secondary N) is 2. The molecule has 0 aliphatic carbocycles. The molecule has 5 nitrogen and oxygen atoms in total. The lowest BCUT2D eigenvalue weighted by molar-refractivity contribution is 0.0947. The van der Waals surface area contributed by atoms with Crippen molar-refractivity contribution < 1.29 is 9.18 Å². The summed E-state index contributed by atoms with van der Waals surface area (Å²) in [7, 11) is 0. The third kappa shape index (κ3) is 3.04. The van der Waals surface area contributed by atoms with Crippen LogP contribution in [0.3, 0.4) is 0 Å². The molecule has 7 heteroatoms. The Morgan fingerprint density at radius 1 is 1.35 bits per heavy atom. The van der Waals surface area contributed by atoms with Gasteiger partial charge in [-0.15, -0.1) is 0 Å². The standard InChI is InChI=1S/C13H12ClFN4O/c14-10-4-2-1-3-8(10)7-18-13(20)9-5-6-17-12(19-16)11(9)15/h1-6H,7,16H2,(H,17,19)(H,18,20). The Kier molecular flexibility index (Phi) is 4.49.